The third-order valence-corrected chi connectivity index (χ3v) is 5.81. The van der Waals surface area contributed by atoms with Crippen molar-refractivity contribution in [3.05, 3.63) is 74.3 Å². The molecule has 4 heterocycles. The highest BCUT2D eigenvalue weighted by atomic mass is 32.1. The Labute approximate surface area is 192 Å². The molecule has 0 aliphatic rings. The van der Waals surface area contributed by atoms with E-state index in [9.17, 15) is 14.4 Å². The molecule has 0 spiro atoms. The second-order valence-corrected chi connectivity index (χ2v) is 8.03. The largest absolute Gasteiger partial charge is 0.462 e. The van der Waals surface area contributed by atoms with Gasteiger partial charge < -0.3 is 14.0 Å². The lowest BCUT2D eigenvalue weighted by atomic mass is 10.2. The van der Waals surface area contributed by atoms with Crippen LogP contribution >= 0.6 is 11.3 Å². The average molecular weight is 467 g/mol. The fourth-order valence-corrected chi connectivity index (χ4v) is 4.10. The summed E-state index contributed by atoms with van der Waals surface area (Å²) in [7, 11) is 1.58. The zero-order valence-electron chi connectivity index (χ0n) is 18.2. The standard InChI is InChI=1S/C23H22N4O5S/c1-3-32-23(30)16-14-15-19(24-18-9-4-5-10-26(18)22(15)29)27(11-7-12-31-2)20(16)25-21(28)17-8-6-13-33-17/h4-6,8-10,13-14H,3,7,11-12H2,1-2H3. The zero-order chi connectivity index (χ0) is 23.4. The molecule has 0 atom stereocenters. The molecule has 10 heteroatoms. The molecule has 0 radical (unpaired) electrons. The maximum absolute atomic E-state index is 13.3. The summed E-state index contributed by atoms with van der Waals surface area (Å²) in [6.45, 7) is 2.57. The molecule has 0 saturated carbocycles. The smallest absolute Gasteiger partial charge is 0.341 e. The van der Waals surface area contributed by atoms with Crippen LogP contribution in [0, 0.1) is 0 Å². The van der Waals surface area contributed by atoms with Gasteiger partial charge in [-0.3, -0.25) is 14.0 Å². The van der Waals surface area contributed by atoms with Gasteiger partial charge in [-0.15, -0.1) is 11.3 Å². The number of nitrogens with zero attached hydrogens (tertiary/aromatic N) is 4. The molecule has 0 fully saturated rings. The van der Waals surface area contributed by atoms with Crippen LogP contribution in [0.4, 0.5) is 0 Å². The van der Waals surface area contributed by atoms with Crippen molar-refractivity contribution in [2.45, 2.75) is 19.9 Å². The fourth-order valence-electron chi connectivity index (χ4n) is 3.49. The highest BCUT2D eigenvalue weighted by Gasteiger charge is 2.20. The van der Waals surface area contributed by atoms with Gasteiger partial charge >= 0.3 is 5.97 Å². The summed E-state index contributed by atoms with van der Waals surface area (Å²) >= 11 is 1.25. The molecule has 4 aromatic rings. The van der Waals surface area contributed by atoms with Crippen LogP contribution in [-0.2, 0) is 16.0 Å². The number of hydrogen-bond donors (Lipinski definition) is 0. The average Bonchev–Trinajstić information content (AvgIpc) is 3.36. The number of pyridine rings is 2. The van der Waals surface area contributed by atoms with Crippen molar-refractivity contribution in [1.29, 1.82) is 0 Å². The van der Waals surface area contributed by atoms with Crippen LogP contribution in [0.3, 0.4) is 0 Å². The van der Waals surface area contributed by atoms with E-state index in [1.807, 2.05) is 0 Å². The van der Waals surface area contributed by atoms with Gasteiger partial charge in [0.15, 0.2) is 5.49 Å². The van der Waals surface area contributed by atoms with Crippen molar-refractivity contribution in [1.82, 2.24) is 14.0 Å². The van der Waals surface area contributed by atoms with Crippen molar-refractivity contribution < 1.29 is 19.1 Å². The van der Waals surface area contributed by atoms with E-state index in [0.717, 1.165) is 0 Å². The molecule has 0 aliphatic carbocycles. The van der Waals surface area contributed by atoms with Crippen molar-refractivity contribution in [2.75, 3.05) is 20.3 Å². The summed E-state index contributed by atoms with van der Waals surface area (Å²) in [5, 5.41) is 2.00. The Bertz CT molecular complexity index is 1450. The highest BCUT2D eigenvalue weighted by Crippen LogP contribution is 2.14. The minimum Gasteiger partial charge on any atom is -0.462 e. The number of fused-ring (bicyclic) bond motifs is 2. The van der Waals surface area contributed by atoms with E-state index in [4.69, 9.17) is 9.47 Å². The summed E-state index contributed by atoms with van der Waals surface area (Å²) in [6, 6.07) is 10.0. The van der Waals surface area contributed by atoms with Gasteiger partial charge in [0.1, 0.15) is 16.9 Å². The lowest BCUT2D eigenvalue weighted by Gasteiger charge is -2.15. The van der Waals surface area contributed by atoms with Crippen LogP contribution in [0.2, 0.25) is 0 Å². The van der Waals surface area contributed by atoms with Gasteiger partial charge in [-0.2, -0.15) is 4.99 Å². The SMILES string of the molecule is CCOC(=O)c1cc2c(=O)n3ccccc3nc2n(CCCOC)c1=NC(=O)c1cccs1. The zero-order valence-corrected chi connectivity index (χ0v) is 19.0. The topological polar surface area (TPSA) is 104 Å². The molecule has 0 saturated heterocycles. The second kappa shape index (κ2) is 9.88. The molecule has 0 N–H and O–H groups in total. The first kappa shape index (κ1) is 22.6. The summed E-state index contributed by atoms with van der Waals surface area (Å²) in [5.74, 6) is -1.16. The molecule has 0 unspecified atom stereocenters. The lowest BCUT2D eigenvalue weighted by Crippen LogP contribution is -2.33. The number of carbonyl (C=O) groups excluding carboxylic acids is 2. The molecule has 4 rings (SSSR count). The molecule has 9 nitrogen and oxygen atoms in total. The Balaban J connectivity index is 2.10. The number of rotatable bonds is 7. The van der Waals surface area contributed by atoms with Crippen LogP contribution in [-0.4, -0.2) is 46.2 Å². The van der Waals surface area contributed by atoms with Gasteiger partial charge in [0.2, 0.25) is 0 Å². The first-order chi connectivity index (χ1) is 16.0. The van der Waals surface area contributed by atoms with Crippen molar-refractivity contribution in [2.24, 2.45) is 4.99 Å². The van der Waals surface area contributed by atoms with Crippen LogP contribution in [0.15, 0.2) is 57.8 Å². The summed E-state index contributed by atoms with van der Waals surface area (Å²) in [5.41, 5.74) is 0.560. The molecular formula is C23H22N4O5S. The Morgan fingerprint density at radius 2 is 2.06 bits per heavy atom. The Hall–Kier alpha value is -3.63. The number of amides is 1. The van der Waals surface area contributed by atoms with Crippen molar-refractivity contribution >= 4 is 39.9 Å². The van der Waals surface area contributed by atoms with Gasteiger partial charge in [0, 0.05) is 26.5 Å². The van der Waals surface area contributed by atoms with Crippen LogP contribution < -0.4 is 11.0 Å². The minimum atomic E-state index is -0.671. The molecule has 170 valence electrons. The number of thiophene rings is 1. The van der Waals surface area contributed by atoms with E-state index in [1.54, 1.807) is 60.5 Å². The highest BCUT2D eigenvalue weighted by molar-refractivity contribution is 7.12. The molecule has 4 aromatic heterocycles. The summed E-state index contributed by atoms with van der Waals surface area (Å²) < 4.78 is 13.4. The monoisotopic (exact) mass is 466 g/mol. The van der Waals surface area contributed by atoms with Crippen LogP contribution in [0.25, 0.3) is 16.7 Å². The van der Waals surface area contributed by atoms with E-state index in [2.05, 4.69) is 9.98 Å². The minimum absolute atomic E-state index is 0.0291. The fraction of sp³-hybridized carbons (Fsp3) is 0.261. The van der Waals surface area contributed by atoms with E-state index < -0.39 is 11.9 Å². The predicted octanol–water partition coefficient (Wildman–Crippen LogP) is 2.67. The first-order valence-electron chi connectivity index (χ1n) is 10.4. The third kappa shape index (κ3) is 4.48. The second-order valence-electron chi connectivity index (χ2n) is 7.08. The van der Waals surface area contributed by atoms with Gasteiger partial charge in [0.05, 0.1) is 16.9 Å². The number of methoxy groups -OCH3 is 1. The molecule has 0 bridgehead atoms. The maximum Gasteiger partial charge on any atom is 0.341 e. The molecule has 0 aliphatic heterocycles. The normalized spacial score (nSPS) is 11.9. The number of aryl methyl sites for hydroxylation is 1. The van der Waals surface area contributed by atoms with Gasteiger partial charge in [0.25, 0.3) is 11.5 Å². The summed E-state index contributed by atoms with van der Waals surface area (Å²) in [4.78, 5) is 48.4. The number of esters is 1. The van der Waals surface area contributed by atoms with Gasteiger partial charge in [-0.05, 0) is 43.0 Å². The summed E-state index contributed by atoms with van der Waals surface area (Å²) in [6.07, 6.45) is 2.16. The number of ether oxygens (including phenoxy) is 2. The maximum atomic E-state index is 13.3. The molecule has 1 amide bonds. The molecule has 0 aromatic carbocycles. The van der Waals surface area contributed by atoms with E-state index >= 15 is 0 Å². The third-order valence-electron chi connectivity index (χ3n) is 4.95. The number of carbonyl (C=O) groups is 2. The van der Waals surface area contributed by atoms with Gasteiger partial charge in [-0.1, -0.05) is 12.1 Å². The first-order valence-corrected chi connectivity index (χ1v) is 11.3. The van der Waals surface area contributed by atoms with Crippen LogP contribution in [0.1, 0.15) is 33.4 Å². The quantitative estimate of drug-likeness (QED) is 0.236. The van der Waals surface area contributed by atoms with Crippen molar-refractivity contribution in [3.8, 4) is 0 Å². The predicted molar refractivity (Wildman–Crippen MR) is 124 cm³/mol. The van der Waals surface area contributed by atoms with E-state index in [-0.39, 0.29) is 28.6 Å². The number of aromatic nitrogens is 3. The van der Waals surface area contributed by atoms with Crippen LogP contribution in [0.5, 0.6) is 0 Å². The molecule has 33 heavy (non-hydrogen) atoms. The number of hydrogen-bond acceptors (Lipinski definition) is 7. The Morgan fingerprint density at radius 1 is 1.21 bits per heavy atom. The molecular weight excluding hydrogens is 444 g/mol. The van der Waals surface area contributed by atoms with E-state index in [1.165, 1.54) is 21.8 Å². The Morgan fingerprint density at radius 3 is 2.79 bits per heavy atom. The lowest BCUT2D eigenvalue weighted by molar-refractivity contribution is 0.0523. The van der Waals surface area contributed by atoms with Gasteiger partial charge in [-0.25, -0.2) is 9.78 Å². The Kier molecular flexibility index (Phi) is 6.76. The van der Waals surface area contributed by atoms with Crippen molar-refractivity contribution in [3.63, 3.8) is 0 Å². The van der Waals surface area contributed by atoms with E-state index in [0.29, 0.717) is 35.7 Å².